The van der Waals surface area contributed by atoms with Crippen molar-refractivity contribution < 1.29 is 13.9 Å². The van der Waals surface area contributed by atoms with Gasteiger partial charge in [0.05, 0.1) is 0 Å². The lowest BCUT2D eigenvalue weighted by atomic mass is 10.1. The Morgan fingerprint density at radius 3 is 3.06 bits per heavy atom. The number of carbonyl (C=O) groups excluding carboxylic acids is 1. The first-order chi connectivity index (χ1) is 7.66. The number of rotatable bonds is 2. The highest BCUT2D eigenvalue weighted by Gasteiger charge is 2.23. The van der Waals surface area contributed by atoms with Crippen LogP contribution in [0.2, 0.25) is 0 Å². The van der Waals surface area contributed by atoms with Gasteiger partial charge in [0.25, 0.3) is 5.91 Å². The van der Waals surface area contributed by atoms with Crippen molar-refractivity contribution >= 4 is 11.6 Å². The Morgan fingerprint density at radius 2 is 2.38 bits per heavy atom. The van der Waals surface area contributed by atoms with Crippen LogP contribution in [0.3, 0.4) is 0 Å². The number of ether oxygens (including phenoxy) is 1. The summed E-state index contributed by atoms with van der Waals surface area (Å²) in [4.78, 5) is 11.7. The molecule has 86 valence electrons. The number of amides is 1. The second kappa shape index (κ2) is 4.61. The first kappa shape index (κ1) is 11.1. The van der Waals surface area contributed by atoms with Crippen LogP contribution in [-0.2, 0) is 9.53 Å². The predicted molar refractivity (Wildman–Crippen MR) is 58.7 cm³/mol. The van der Waals surface area contributed by atoms with E-state index in [0.717, 1.165) is 18.4 Å². The maximum absolute atomic E-state index is 13.0. The predicted octanol–water partition coefficient (Wildman–Crippen LogP) is 2.25. The van der Waals surface area contributed by atoms with Gasteiger partial charge in [-0.05, 0) is 37.5 Å². The van der Waals surface area contributed by atoms with E-state index < -0.39 is 0 Å². The lowest BCUT2D eigenvalue weighted by Gasteiger charge is -2.12. The Hall–Kier alpha value is -1.42. The summed E-state index contributed by atoms with van der Waals surface area (Å²) in [7, 11) is 0. The molecule has 0 aliphatic carbocycles. The zero-order chi connectivity index (χ0) is 11.5. The summed E-state index contributed by atoms with van der Waals surface area (Å²) in [5, 5.41) is 2.69. The third-order valence-corrected chi connectivity index (χ3v) is 2.68. The molecule has 3 nitrogen and oxygen atoms in total. The summed E-state index contributed by atoms with van der Waals surface area (Å²) >= 11 is 0. The van der Waals surface area contributed by atoms with Crippen LogP contribution in [0, 0.1) is 12.7 Å². The van der Waals surface area contributed by atoms with Gasteiger partial charge < -0.3 is 10.1 Å². The summed E-state index contributed by atoms with van der Waals surface area (Å²) in [5.74, 6) is -0.542. The normalized spacial score (nSPS) is 19.8. The zero-order valence-corrected chi connectivity index (χ0v) is 9.13. The molecule has 1 aromatic carbocycles. The third-order valence-electron chi connectivity index (χ3n) is 2.68. The van der Waals surface area contributed by atoms with Gasteiger partial charge in [-0.15, -0.1) is 0 Å². The first-order valence-electron chi connectivity index (χ1n) is 5.35. The average Bonchev–Trinajstić information content (AvgIpc) is 2.76. The maximum atomic E-state index is 13.0. The van der Waals surface area contributed by atoms with Crippen LogP contribution in [0.15, 0.2) is 18.2 Å². The highest BCUT2D eigenvalue weighted by molar-refractivity contribution is 5.94. The van der Waals surface area contributed by atoms with Gasteiger partial charge in [0.15, 0.2) is 0 Å². The van der Waals surface area contributed by atoms with Crippen molar-refractivity contribution in [3.8, 4) is 0 Å². The van der Waals surface area contributed by atoms with Crippen LogP contribution in [0.25, 0.3) is 0 Å². The summed E-state index contributed by atoms with van der Waals surface area (Å²) < 4.78 is 18.2. The molecule has 1 fully saturated rings. The summed E-state index contributed by atoms with van der Waals surface area (Å²) in [5.41, 5.74) is 1.35. The van der Waals surface area contributed by atoms with Gasteiger partial charge in [0.1, 0.15) is 11.9 Å². The molecule has 1 aromatic rings. The smallest absolute Gasteiger partial charge is 0.253 e. The van der Waals surface area contributed by atoms with E-state index in [2.05, 4.69) is 5.32 Å². The number of aryl methyl sites for hydroxylation is 1. The van der Waals surface area contributed by atoms with Crippen LogP contribution in [0.1, 0.15) is 18.4 Å². The summed E-state index contributed by atoms with van der Waals surface area (Å²) in [6.45, 7) is 2.45. The molecule has 1 saturated heterocycles. The Balaban J connectivity index is 2.07. The number of halogens is 1. The summed E-state index contributed by atoms with van der Waals surface area (Å²) in [6.07, 6.45) is 1.25. The van der Waals surface area contributed by atoms with Crippen molar-refractivity contribution in [1.29, 1.82) is 0 Å². The minimum atomic E-state index is -0.386. The molecule has 16 heavy (non-hydrogen) atoms. The van der Waals surface area contributed by atoms with Gasteiger partial charge in [0, 0.05) is 12.3 Å². The molecule has 0 radical (unpaired) electrons. The second-order valence-corrected chi connectivity index (χ2v) is 3.95. The van der Waals surface area contributed by atoms with E-state index in [1.807, 2.05) is 6.92 Å². The van der Waals surface area contributed by atoms with Gasteiger partial charge in [-0.25, -0.2) is 4.39 Å². The molecule has 0 aromatic heterocycles. The molecule has 1 heterocycles. The molecule has 1 N–H and O–H groups in total. The fraction of sp³-hybridized carbons (Fsp3) is 0.417. The number of hydrogen-bond acceptors (Lipinski definition) is 2. The van der Waals surface area contributed by atoms with E-state index in [1.54, 1.807) is 6.07 Å². The van der Waals surface area contributed by atoms with Gasteiger partial charge in [-0.3, -0.25) is 4.79 Å². The number of nitrogens with one attached hydrogen (secondary N) is 1. The molecule has 2 rings (SSSR count). The van der Waals surface area contributed by atoms with E-state index in [9.17, 15) is 9.18 Å². The van der Waals surface area contributed by atoms with E-state index in [-0.39, 0.29) is 17.8 Å². The fourth-order valence-corrected chi connectivity index (χ4v) is 1.73. The molecule has 1 atom stereocenters. The lowest BCUT2D eigenvalue weighted by molar-refractivity contribution is -0.124. The fourth-order valence-electron chi connectivity index (χ4n) is 1.73. The molecule has 1 unspecified atom stereocenters. The number of anilines is 1. The highest BCUT2D eigenvalue weighted by atomic mass is 19.1. The van der Waals surface area contributed by atoms with Gasteiger partial charge in [-0.1, -0.05) is 6.07 Å². The Bertz CT molecular complexity index is 400. The molecule has 1 aliphatic rings. The topological polar surface area (TPSA) is 38.3 Å². The molecular formula is C12H14FNO2. The second-order valence-electron chi connectivity index (χ2n) is 3.95. The van der Waals surface area contributed by atoms with Crippen molar-refractivity contribution in [2.45, 2.75) is 25.9 Å². The molecule has 4 heteroatoms. The van der Waals surface area contributed by atoms with E-state index in [1.165, 1.54) is 12.1 Å². The van der Waals surface area contributed by atoms with Crippen molar-refractivity contribution in [3.05, 3.63) is 29.6 Å². The zero-order valence-electron chi connectivity index (χ0n) is 9.13. The minimum absolute atomic E-state index is 0.189. The largest absolute Gasteiger partial charge is 0.368 e. The average molecular weight is 223 g/mol. The SMILES string of the molecule is Cc1ccc(F)cc1NC(=O)C1CCCO1. The maximum Gasteiger partial charge on any atom is 0.253 e. The Kier molecular flexibility index (Phi) is 3.19. The standard InChI is InChI=1S/C12H14FNO2/c1-8-4-5-9(13)7-10(8)14-12(15)11-3-2-6-16-11/h4-5,7,11H,2-3,6H2,1H3,(H,14,15). The number of benzene rings is 1. The van der Waals surface area contributed by atoms with Crippen molar-refractivity contribution in [2.24, 2.45) is 0 Å². The Labute approximate surface area is 93.6 Å². The third kappa shape index (κ3) is 2.39. The van der Waals surface area contributed by atoms with E-state index in [4.69, 9.17) is 4.74 Å². The van der Waals surface area contributed by atoms with Crippen molar-refractivity contribution in [3.63, 3.8) is 0 Å². The van der Waals surface area contributed by atoms with Crippen LogP contribution in [-0.4, -0.2) is 18.6 Å². The summed E-state index contributed by atoms with van der Waals surface area (Å²) in [6, 6.07) is 4.33. The van der Waals surface area contributed by atoms with Crippen molar-refractivity contribution in [1.82, 2.24) is 0 Å². The minimum Gasteiger partial charge on any atom is -0.368 e. The Morgan fingerprint density at radius 1 is 1.56 bits per heavy atom. The highest BCUT2D eigenvalue weighted by Crippen LogP contribution is 2.19. The van der Waals surface area contributed by atoms with Gasteiger partial charge in [-0.2, -0.15) is 0 Å². The molecule has 1 amide bonds. The lowest BCUT2D eigenvalue weighted by Crippen LogP contribution is -2.27. The van der Waals surface area contributed by atoms with Crippen LogP contribution >= 0.6 is 0 Å². The molecule has 0 saturated carbocycles. The monoisotopic (exact) mass is 223 g/mol. The van der Waals surface area contributed by atoms with E-state index in [0.29, 0.717) is 12.3 Å². The van der Waals surface area contributed by atoms with Crippen LogP contribution < -0.4 is 5.32 Å². The quantitative estimate of drug-likeness (QED) is 0.835. The van der Waals surface area contributed by atoms with Crippen LogP contribution in [0.5, 0.6) is 0 Å². The molecule has 1 aliphatic heterocycles. The van der Waals surface area contributed by atoms with Crippen molar-refractivity contribution in [2.75, 3.05) is 11.9 Å². The molecule has 0 bridgehead atoms. The molecular weight excluding hydrogens is 209 g/mol. The molecule has 0 spiro atoms. The number of hydrogen-bond donors (Lipinski definition) is 1. The first-order valence-corrected chi connectivity index (χ1v) is 5.35. The van der Waals surface area contributed by atoms with Gasteiger partial charge in [0.2, 0.25) is 0 Å². The van der Waals surface area contributed by atoms with Crippen LogP contribution in [0.4, 0.5) is 10.1 Å². The van der Waals surface area contributed by atoms with Gasteiger partial charge >= 0.3 is 0 Å². The van der Waals surface area contributed by atoms with E-state index >= 15 is 0 Å². The number of carbonyl (C=O) groups is 1.